The molecule has 0 heterocycles. The van der Waals surface area contributed by atoms with Gasteiger partial charge in [-0.2, -0.15) is 0 Å². The second-order valence-corrected chi connectivity index (χ2v) is 6.32. The first-order valence-corrected chi connectivity index (χ1v) is 8.30. The van der Waals surface area contributed by atoms with E-state index in [9.17, 15) is 18.0 Å². The number of alkyl halides is 3. The van der Waals surface area contributed by atoms with Crippen LogP contribution in [0.1, 0.15) is 23.5 Å². The minimum absolute atomic E-state index is 0. The molecule has 1 aliphatic carbocycles. The smallest absolute Gasteiger partial charge is 0.405 e. The van der Waals surface area contributed by atoms with Crippen molar-refractivity contribution in [2.24, 2.45) is 5.92 Å². The molecule has 146 valence electrons. The van der Waals surface area contributed by atoms with E-state index < -0.39 is 6.36 Å². The summed E-state index contributed by atoms with van der Waals surface area (Å²) in [6.07, 6.45) is -3.56. The maximum Gasteiger partial charge on any atom is 0.573 e. The number of carbonyl (C=O) groups excluding carboxylic acids is 1. The van der Waals surface area contributed by atoms with Crippen LogP contribution >= 0.6 is 12.4 Å². The lowest BCUT2D eigenvalue weighted by Crippen LogP contribution is -2.27. The number of para-hydroxylation sites is 1. The predicted octanol–water partition coefficient (Wildman–Crippen LogP) is 4.05. The molecule has 0 aromatic heterocycles. The summed E-state index contributed by atoms with van der Waals surface area (Å²) in [5.74, 6) is -0.945. The molecule has 8 heteroatoms. The van der Waals surface area contributed by atoms with E-state index in [0.717, 1.165) is 5.56 Å². The van der Waals surface area contributed by atoms with Gasteiger partial charge >= 0.3 is 6.36 Å². The third-order valence-electron chi connectivity index (χ3n) is 4.36. The van der Waals surface area contributed by atoms with Crippen molar-refractivity contribution in [1.29, 1.82) is 0 Å². The monoisotopic (exact) mass is 400 g/mol. The van der Waals surface area contributed by atoms with Crippen molar-refractivity contribution in [3.05, 3.63) is 59.7 Å². The number of rotatable bonds is 6. The highest BCUT2D eigenvalue weighted by Crippen LogP contribution is 2.50. The maximum absolute atomic E-state index is 12.5. The van der Waals surface area contributed by atoms with Gasteiger partial charge in [0.2, 0.25) is 5.91 Å². The number of carbonyl (C=O) groups is 1. The van der Waals surface area contributed by atoms with Crippen LogP contribution in [0.5, 0.6) is 5.75 Å². The Bertz CT molecular complexity index is 781. The van der Waals surface area contributed by atoms with Gasteiger partial charge in [0.15, 0.2) is 0 Å². The molecule has 3 rings (SSSR count). The Labute approximate surface area is 161 Å². The molecule has 0 aliphatic heterocycles. The van der Waals surface area contributed by atoms with Crippen LogP contribution in [0.25, 0.3) is 0 Å². The number of anilines is 1. The first-order chi connectivity index (χ1) is 12.3. The number of hydrogen-bond donors (Lipinski definition) is 2. The van der Waals surface area contributed by atoms with Crippen LogP contribution < -0.4 is 15.8 Å². The van der Waals surface area contributed by atoms with Crippen molar-refractivity contribution in [3.8, 4) is 5.75 Å². The Morgan fingerprint density at radius 1 is 1.15 bits per heavy atom. The first kappa shape index (κ1) is 20.9. The van der Waals surface area contributed by atoms with Crippen molar-refractivity contribution in [3.63, 3.8) is 0 Å². The summed E-state index contributed by atoms with van der Waals surface area (Å²) < 4.78 is 41.6. The molecule has 0 spiro atoms. The molecule has 2 unspecified atom stereocenters. The largest absolute Gasteiger partial charge is 0.573 e. The topological polar surface area (TPSA) is 64.3 Å². The van der Waals surface area contributed by atoms with E-state index in [-0.39, 0.29) is 35.9 Å². The third-order valence-corrected chi connectivity index (χ3v) is 4.36. The van der Waals surface area contributed by atoms with Crippen molar-refractivity contribution < 1.29 is 22.7 Å². The number of hydrogen-bond acceptors (Lipinski definition) is 3. The number of ether oxygens (including phenoxy) is 1. The molecule has 1 saturated carbocycles. The van der Waals surface area contributed by atoms with Crippen LogP contribution in [0.15, 0.2) is 48.5 Å². The van der Waals surface area contributed by atoms with Gasteiger partial charge in [-0.05, 0) is 48.1 Å². The number of nitrogens with two attached hydrogens (primary N) is 1. The first-order valence-electron chi connectivity index (χ1n) is 8.30. The van der Waals surface area contributed by atoms with Crippen LogP contribution in [0.4, 0.5) is 18.9 Å². The Morgan fingerprint density at radius 3 is 2.48 bits per heavy atom. The molecule has 3 N–H and O–H groups in total. The molecular weight excluding hydrogens is 381 g/mol. The highest BCUT2D eigenvalue weighted by Gasteiger charge is 2.46. The fourth-order valence-corrected chi connectivity index (χ4v) is 2.98. The third kappa shape index (κ3) is 5.79. The van der Waals surface area contributed by atoms with E-state index in [1.807, 2.05) is 12.1 Å². The Kier molecular flexibility index (Phi) is 6.59. The highest BCUT2D eigenvalue weighted by atomic mass is 35.5. The average Bonchev–Trinajstić information content (AvgIpc) is 3.36. The highest BCUT2D eigenvalue weighted by molar-refractivity contribution is 5.85. The van der Waals surface area contributed by atoms with Gasteiger partial charge in [-0.15, -0.1) is 25.6 Å². The van der Waals surface area contributed by atoms with E-state index in [2.05, 4.69) is 10.1 Å². The molecule has 2 atom stereocenters. The minimum atomic E-state index is -4.75. The van der Waals surface area contributed by atoms with Gasteiger partial charge in [0.1, 0.15) is 5.75 Å². The number of amides is 1. The summed E-state index contributed by atoms with van der Waals surface area (Å²) in [5, 5.41) is 2.84. The van der Waals surface area contributed by atoms with E-state index in [0.29, 0.717) is 30.6 Å². The van der Waals surface area contributed by atoms with Crippen LogP contribution in [-0.2, 0) is 11.2 Å². The summed E-state index contributed by atoms with van der Waals surface area (Å²) in [6, 6.07) is 13.4. The molecule has 0 radical (unpaired) electrons. The van der Waals surface area contributed by atoms with Crippen LogP contribution in [0.2, 0.25) is 0 Å². The maximum atomic E-state index is 12.5. The lowest BCUT2D eigenvalue weighted by molar-refractivity contribution is -0.274. The fraction of sp³-hybridized carbons (Fsp3) is 0.316. The summed E-state index contributed by atoms with van der Waals surface area (Å²) >= 11 is 0. The lowest BCUT2D eigenvalue weighted by atomic mass is 10.1. The van der Waals surface area contributed by atoms with Crippen LogP contribution in [0, 0.1) is 5.92 Å². The van der Waals surface area contributed by atoms with Gasteiger partial charge in [0.05, 0.1) is 0 Å². The van der Waals surface area contributed by atoms with E-state index in [1.54, 1.807) is 24.3 Å². The van der Waals surface area contributed by atoms with Crippen molar-refractivity contribution in [2.75, 3.05) is 12.3 Å². The summed E-state index contributed by atoms with van der Waals surface area (Å²) in [6.45, 7) is 0.465. The number of benzene rings is 2. The number of halogens is 4. The van der Waals surface area contributed by atoms with Gasteiger partial charge < -0.3 is 15.8 Å². The van der Waals surface area contributed by atoms with E-state index in [1.165, 1.54) is 12.1 Å². The Balaban J connectivity index is 0.00000261. The molecule has 1 amide bonds. The van der Waals surface area contributed by atoms with Crippen LogP contribution in [-0.4, -0.2) is 18.8 Å². The fourth-order valence-electron chi connectivity index (χ4n) is 2.98. The Morgan fingerprint density at radius 2 is 1.81 bits per heavy atom. The zero-order chi connectivity index (χ0) is 18.7. The predicted molar refractivity (Wildman–Crippen MR) is 98.8 cm³/mol. The van der Waals surface area contributed by atoms with E-state index in [4.69, 9.17) is 5.73 Å². The molecule has 2 aromatic carbocycles. The van der Waals surface area contributed by atoms with Crippen molar-refractivity contribution in [2.45, 2.75) is 25.1 Å². The average molecular weight is 401 g/mol. The van der Waals surface area contributed by atoms with Gasteiger partial charge in [-0.1, -0.05) is 30.3 Å². The normalized spacial score (nSPS) is 18.3. The van der Waals surface area contributed by atoms with Gasteiger partial charge in [0.25, 0.3) is 0 Å². The minimum Gasteiger partial charge on any atom is -0.405 e. The molecule has 1 aliphatic rings. The van der Waals surface area contributed by atoms with Crippen LogP contribution in [0.3, 0.4) is 0 Å². The second-order valence-electron chi connectivity index (χ2n) is 6.32. The summed E-state index contributed by atoms with van der Waals surface area (Å²) in [5.41, 5.74) is 7.77. The van der Waals surface area contributed by atoms with Gasteiger partial charge in [-0.25, -0.2) is 0 Å². The molecule has 0 saturated heterocycles. The van der Waals surface area contributed by atoms with E-state index >= 15 is 0 Å². The molecule has 2 aromatic rings. The van der Waals surface area contributed by atoms with Gasteiger partial charge in [-0.3, -0.25) is 4.79 Å². The standard InChI is InChI=1S/C19H19F3N2O2.ClH/c20-19(21,22)26-17-4-2-1-3-14(17)15-11-16(15)18(25)24-10-9-12-5-7-13(23)8-6-12;/h1-8,15-16H,9-11,23H2,(H,24,25);1H. The summed E-state index contributed by atoms with van der Waals surface area (Å²) in [4.78, 5) is 12.2. The zero-order valence-corrected chi connectivity index (χ0v) is 15.1. The summed E-state index contributed by atoms with van der Waals surface area (Å²) in [7, 11) is 0. The molecule has 1 fully saturated rings. The van der Waals surface area contributed by atoms with Crippen molar-refractivity contribution in [1.82, 2.24) is 5.32 Å². The SMILES string of the molecule is Cl.Nc1ccc(CCNC(=O)C2CC2c2ccccc2OC(F)(F)F)cc1. The lowest BCUT2D eigenvalue weighted by Gasteiger charge is -2.13. The molecular formula is C19H20ClF3N2O2. The number of nitrogens with one attached hydrogen (secondary N) is 1. The van der Waals surface area contributed by atoms with Crippen molar-refractivity contribution >= 4 is 24.0 Å². The second kappa shape index (κ2) is 8.52. The van der Waals surface area contributed by atoms with Gasteiger partial charge in [0, 0.05) is 18.2 Å². The quantitative estimate of drug-likeness (QED) is 0.719. The zero-order valence-electron chi connectivity index (χ0n) is 14.3. The number of nitrogen functional groups attached to an aromatic ring is 1. The molecule has 4 nitrogen and oxygen atoms in total. The molecule has 27 heavy (non-hydrogen) atoms. The Hall–Kier alpha value is -2.41. The molecule has 0 bridgehead atoms.